The standard InChI is InChI=1S/C17H20N4/c1-4-13-10-14(5-2)21(20-13)17-8-11(3)19-16-7-6-12(18)9-15(16)17/h6-10H,4-5,18H2,1-3H3. The smallest absolute Gasteiger partial charge is 0.0761 e. The van der Waals surface area contributed by atoms with E-state index in [1.807, 2.05) is 29.8 Å². The number of hydrogen-bond donors (Lipinski definition) is 1. The quantitative estimate of drug-likeness (QED) is 0.748. The van der Waals surface area contributed by atoms with Crippen LogP contribution in [-0.4, -0.2) is 14.8 Å². The highest BCUT2D eigenvalue weighted by atomic mass is 15.3. The number of aromatic nitrogens is 3. The van der Waals surface area contributed by atoms with Gasteiger partial charge in [-0.15, -0.1) is 0 Å². The van der Waals surface area contributed by atoms with Crippen molar-refractivity contribution >= 4 is 16.6 Å². The summed E-state index contributed by atoms with van der Waals surface area (Å²) in [4.78, 5) is 4.59. The molecule has 0 amide bonds. The summed E-state index contributed by atoms with van der Waals surface area (Å²) in [5.41, 5.74) is 12.0. The molecule has 3 aromatic rings. The molecule has 4 nitrogen and oxygen atoms in total. The number of anilines is 1. The molecule has 2 heterocycles. The molecule has 0 unspecified atom stereocenters. The lowest BCUT2D eigenvalue weighted by atomic mass is 10.1. The van der Waals surface area contributed by atoms with Gasteiger partial charge in [-0.25, -0.2) is 4.68 Å². The molecule has 0 aliphatic carbocycles. The van der Waals surface area contributed by atoms with Crippen molar-refractivity contribution in [3.8, 4) is 5.69 Å². The molecule has 0 radical (unpaired) electrons. The van der Waals surface area contributed by atoms with Crippen LogP contribution in [0.5, 0.6) is 0 Å². The van der Waals surface area contributed by atoms with E-state index in [0.29, 0.717) is 0 Å². The Morgan fingerprint density at radius 3 is 2.62 bits per heavy atom. The van der Waals surface area contributed by atoms with E-state index in [0.717, 1.165) is 46.5 Å². The van der Waals surface area contributed by atoms with E-state index < -0.39 is 0 Å². The van der Waals surface area contributed by atoms with Crippen LogP contribution < -0.4 is 5.73 Å². The summed E-state index contributed by atoms with van der Waals surface area (Å²) in [6.07, 6.45) is 1.88. The summed E-state index contributed by atoms with van der Waals surface area (Å²) in [5, 5.41) is 5.78. The van der Waals surface area contributed by atoms with E-state index in [1.165, 1.54) is 5.69 Å². The number of hydrogen-bond acceptors (Lipinski definition) is 3. The fourth-order valence-corrected chi connectivity index (χ4v) is 2.64. The monoisotopic (exact) mass is 280 g/mol. The summed E-state index contributed by atoms with van der Waals surface area (Å²) >= 11 is 0. The molecule has 108 valence electrons. The summed E-state index contributed by atoms with van der Waals surface area (Å²) in [5.74, 6) is 0. The molecule has 0 saturated heterocycles. The fourth-order valence-electron chi connectivity index (χ4n) is 2.64. The Morgan fingerprint density at radius 2 is 1.90 bits per heavy atom. The summed E-state index contributed by atoms with van der Waals surface area (Å²) in [7, 11) is 0. The van der Waals surface area contributed by atoms with E-state index in [-0.39, 0.29) is 0 Å². The first-order valence-electron chi connectivity index (χ1n) is 7.37. The number of fused-ring (bicyclic) bond motifs is 1. The van der Waals surface area contributed by atoms with Crippen molar-refractivity contribution in [1.29, 1.82) is 0 Å². The molecule has 1 aromatic carbocycles. The van der Waals surface area contributed by atoms with Gasteiger partial charge in [0.15, 0.2) is 0 Å². The van der Waals surface area contributed by atoms with Gasteiger partial charge in [-0.05, 0) is 50.1 Å². The average Bonchev–Trinajstić information content (AvgIpc) is 2.90. The van der Waals surface area contributed by atoms with Crippen LogP contribution in [0.1, 0.15) is 30.9 Å². The molecule has 21 heavy (non-hydrogen) atoms. The summed E-state index contributed by atoms with van der Waals surface area (Å²) in [6, 6.07) is 10.1. The van der Waals surface area contributed by atoms with Crippen molar-refractivity contribution in [2.75, 3.05) is 5.73 Å². The van der Waals surface area contributed by atoms with Crippen molar-refractivity contribution in [3.63, 3.8) is 0 Å². The van der Waals surface area contributed by atoms with Crippen molar-refractivity contribution in [1.82, 2.24) is 14.8 Å². The van der Waals surface area contributed by atoms with Crippen LogP contribution >= 0.6 is 0 Å². The van der Waals surface area contributed by atoms with Crippen molar-refractivity contribution in [2.45, 2.75) is 33.6 Å². The number of nitrogen functional groups attached to an aromatic ring is 1. The van der Waals surface area contributed by atoms with E-state index in [2.05, 4.69) is 31.0 Å². The second-order valence-corrected chi connectivity index (χ2v) is 5.31. The maximum Gasteiger partial charge on any atom is 0.0761 e. The van der Waals surface area contributed by atoms with Gasteiger partial charge in [0.2, 0.25) is 0 Å². The Balaban J connectivity index is 2.33. The molecule has 3 rings (SSSR count). The third-order valence-electron chi connectivity index (χ3n) is 3.73. The van der Waals surface area contributed by atoms with Gasteiger partial charge >= 0.3 is 0 Å². The van der Waals surface area contributed by atoms with Gasteiger partial charge in [0.05, 0.1) is 16.9 Å². The first-order chi connectivity index (χ1) is 10.1. The highest BCUT2D eigenvalue weighted by Crippen LogP contribution is 2.25. The van der Waals surface area contributed by atoms with Crippen molar-refractivity contribution in [3.05, 3.63) is 47.4 Å². The molecule has 2 aromatic heterocycles. The zero-order chi connectivity index (χ0) is 15.0. The molecule has 0 bridgehead atoms. The summed E-state index contributed by atoms with van der Waals surface area (Å²) < 4.78 is 2.04. The van der Waals surface area contributed by atoms with Crippen LogP contribution in [0.3, 0.4) is 0 Å². The third-order valence-corrected chi connectivity index (χ3v) is 3.73. The Labute approximate surface area is 124 Å². The van der Waals surface area contributed by atoms with Crippen LogP contribution in [0, 0.1) is 6.92 Å². The zero-order valence-corrected chi connectivity index (χ0v) is 12.7. The van der Waals surface area contributed by atoms with Crippen molar-refractivity contribution in [2.24, 2.45) is 0 Å². The Hall–Kier alpha value is -2.36. The van der Waals surface area contributed by atoms with Gasteiger partial charge in [0, 0.05) is 22.5 Å². The molecular weight excluding hydrogens is 260 g/mol. The number of aryl methyl sites for hydroxylation is 3. The number of nitrogens with zero attached hydrogens (tertiary/aromatic N) is 3. The van der Waals surface area contributed by atoms with E-state index in [9.17, 15) is 0 Å². The number of rotatable bonds is 3. The van der Waals surface area contributed by atoms with E-state index in [4.69, 9.17) is 10.8 Å². The second-order valence-electron chi connectivity index (χ2n) is 5.31. The number of nitrogens with two attached hydrogens (primary N) is 1. The molecular formula is C17H20N4. The minimum absolute atomic E-state index is 0.746. The normalized spacial score (nSPS) is 11.2. The lowest BCUT2D eigenvalue weighted by Gasteiger charge is -2.11. The fraction of sp³-hybridized carbons (Fsp3) is 0.294. The zero-order valence-electron chi connectivity index (χ0n) is 12.7. The minimum Gasteiger partial charge on any atom is -0.399 e. The lowest BCUT2D eigenvalue weighted by Crippen LogP contribution is -2.04. The molecule has 4 heteroatoms. The Kier molecular flexibility index (Phi) is 3.37. The van der Waals surface area contributed by atoms with Crippen LogP contribution in [0.4, 0.5) is 5.69 Å². The highest BCUT2D eigenvalue weighted by Gasteiger charge is 2.12. The van der Waals surface area contributed by atoms with Gasteiger partial charge in [0.1, 0.15) is 0 Å². The van der Waals surface area contributed by atoms with Crippen LogP contribution in [-0.2, 0) is 12.8 Å². The summed E-state index contributed by atoms with van der Waals surface area (Å²) in [6.45, 7) is 6.28. The minimum atomic E-state index is 0.746. The van der Waals surface area contributed by atoms with E-state index >= 15 is 0 Å². The Bertz CT molecular complexity index is 802. The lowest BCUT2D eigenvalue weighted by molar-refractivity contribution is 0.797. The predicted octanol–water partition coefficient (Wildman–Crippen LogP) is 3.44. The topological polar surface area (TPSA) is 56.7 Å². The van der Waals surface area contributed by atoms with Gasteiger partial charge in [0.25, 0.3) is 0 Å². The van der Waals surface area contributed by atoms with Crippen LogP contribution in [0.15, 0.2) is 30.3 Å². The molecule has 0 fully saturated rings. The molecule has 0 spiro atoms. The maximum absolute atomic E-state index is 5.95. The molecule has 0 atom stereocenters. The highest BCUT2D eigenvalue weighted by molar-refractivity contribution is 5.89. The maximum atomic E-state index is 5.95. The van der Waals surface area contributed by atoms with Gasteiger partial charge in [-0.3, -0.25) is 4.98 Å². The average molecular weight is 280 g/mol. The molecule has 0 aliphatic heterocycles. The van der Waals surface area contributed by atoms with Gasteiger partial charge < -0.3 is 5.73 Å². The number of benzene rings is 1. The first-order valence-corrected chi connectivity index (χ1v) is 7.37. The van der Waals surface area contributed by atoms with Crippen LogP contribution in [0.25, 0.3) is 16.6 Å². The van der Waals surface area contributed by atoms with Crippen molar-refractivity contribution < 1.29 is 0 Å². The molecule has 0 saturated carbocycles. The first kappa shape index (κ1) is 13.6. The second kappa shape index (κ2) is 5.20. The largest absolute Gasteiger partial charge is 0.399 e. The van der Waals surface area contributed by atoms with Gasteiger partial charge in [-0.2, -0.15) is 5.10 Å². The Morgan fingerprint density at radius 1 is 1.10 bits per heavy atom. The number of pyridine rings is 1. The van der Waals surface area contributed by atoms with E-state index in [1.54, 1.807) is 0 Å². The SMILES string of the molecule is CCc1cc(CC)n(-c2cc(C)nc3ccc(N)cc23)n1. The third kappa shape index (κ3) is 2.37. The predicted molar refractivity (Wildman–Crippen MR) is 86.8 cm³/mol. The van der Waals surface area contributed by atoms with Gasteiger partial charge in [-0.1, -0.05) is 13.8 Å². The molecule has 0 aliphatic rings. The van der Waals surface area contributed by atoms with Crippen LogP contribution in [0.2, 0.25) is 0 Å². The molecule has 2 N–H and O–H groups in total.